The summed E-state index contributed by atoms with van der Waals surface area (Å²) in [7, 11) is 1.74. The largest absolute Gasteiger partial charge is 0.394 e. The minimum atomic E-state index is -0.751. The molecule has 4 amide bonds. The Labute approximate surface area is 288 Å². The van der Waals surface area contributed by atoms with Gasteiger partial charge in [-0.3, -0.25) is 24.1 Å². The Balaban J connectivity index is 1.75. The quantitative estimate of drug-likeness (QED) is 0.274. The molecule has 5 atom stereocenters. The summed E-state index contributed by atoms with van der Waals surface area (Å²) in [5, 5.41) is 16.1. The van der Waals surface area contributed by atoms with E-state index in [-0.39, 0.29) is 48.2 Å². The fraction of sp³-hybridized carbons (Fsp3) is 0.684. The smallest absolute Gasteiger partial charge is 0.249 e. The number of aliphatic hydroxyl groups excluding tert-OH is 1. The van der Waals surface area contributed by atoms with Crippen LogP contribution in [0.2, 0.25) is 0 Å². The average Bonchev–Trinajstić information content (AvgIpc) is 3.54. The van der Waals surface area contributed by atoms with Crippen molar-refractivity contribution in [1.29, 1.82) is 0 Å². The summed E-state index contributed by atoms with van der Waals surface area (Å²) < 4.78 is 0. The van der Waals surface area contributed by atoms with Crippen molar-refractivity contribution in [3.05, 3.63) is 47.5 Å². The first-order valence-corrected chi connectivity index (χ1v) is 17.8. The molecule has 0 aromatic heterocycles. The molecule has 1 aromatic carbocycles. The van der Waals surface area contributed by atoms with Crippen molar-refractivity contribution < 1.29 is 24.3 Å². The highest BCUT2D eigenvalue weighted by Gasteiger charge is 2.40. The SMILES string of the molecule is CC(=C[C@H](C(C)C)N(C)C(=O)[C@@H](NC(=O)C1CCCCN1C(C)C)C(C)(C)C)C(=O)N1CCC[C@H]1C(=O)NC(CO)Cc1ccccc1. The van der Waals surface area contributed by atoms with Crippen molar-refractivity contribution in [2.75, 3.05) is 26.7 Å². The molecule has 3 N–H and O–H groups in total. The number of hydrogen-bond acceptors (Lipinski definition) is 6. The zero-order valence-corrected chi connectivity index (χ0v) is 30.8. The minimum absolute atomic E-state index is 0.0197. The van der Waals surface area contributed by atoms with Gasteiger partial charge in [-0.15, -0.1) is 0 Å². The molecule has 0 saturated carbocycles. The van der Waals surface area contributed by atoms with Crippen molar-refractivity contribution in [3.63, 3.8) is 0 Å². The van der Waals surface area contributed by atoms with Crippen LogP contribution in [0.3, 0.4) is 0 Å². The van der Waals surface area contributed by atoms with E-state index in [1.807, 2.05) is 71.0 Å². The lowest BCUT2D eigenvalue weighted by Gasteiger charge is -2.41. The molecule has 2 heterocycles. The summed E-state index contributed by atoms with van der Waals surface area (Å²) in [6.07, 6.45) is 6.38. The number of carbonyl (C=O) groups is 4. The van der Waals surface area contributed by atoms with E-state index in [1.54, 1.807) is 23.8 Å². The van der Waals surface area contributed by atoms with Gasteiger partial charge in [-0.05, 0) is 76.3 Å². The summed E-state index contributed by atoms with van der Waals surface area (Å²) in [5.41, 5.74) is 0.924. The van der Waals surface area contributed by atoms with E-state index >= 15 is 0 Å². The zero-order chi connectivity index (χ0) is 35.8. The maximum Gasteiger partial charge on any atom is 0.249 e. The van der Waals surface area contributed by atoms with E-state index in [0.29, 0.717) is 31.4 Å². The van der Waals surface area contributed by atoms with Crippen LogP contribution in [-0.4, -0.2) is 106 Å². The summed E-state index contributed by atoms with van der Waals surface area (Å²) in [4.78, 5) is 60.5. The molecule has 1 aromatic rings. The van der Waals surface area contributed by atoms with Gasteiger partial charge in [0.2, 0.25) is 23.6 Å². The molecule has 2 fully saturated rings. The highest BCUT2D eigenvalue weighted by Crippen LogP contribution is 2.27. The van der Waals surface area contributed by atoms with Gasteiger partial charge in [-0.25, -0.2) is 0 Å². The van der Waals surface area contributed by atoms with Crippen LogP contribution in [0, 0.1) is 11.3 Å². The highest BCUT2D eigenvalue weighted by atomic mass is 16.3. The lowest BCUT2D eigenvalue weighted by molar-refractivity contribution is -0.142. The van der Waals surface area contributed by atoms with Crippen molar-refractivity contribution in [1.82, 2.24) is 25.3 Å². The van der Waals surface area contributed by atoms with Crippen LogP contribution in [0.1, 0.15) is 93.1 Å². The van der Waals surface area contributed by atoms with E-state index in [4.69, 9.17) is 0 Å². The molecule has 2 aliphatic rings. The fourth-order valence-electron chi connectivity index (χ4n) is 7.04. The summed E-state index contributed by atoms with van der Waals surface area (Å²) >= 11 is 0. The number of nitrogens with one attached hydrogen (secondary N) is 2. The van der Waals surface area contributed by atoms with Crippen LogP contribution in [0.4, 0.5) is 0 Å². The number of likely N-dealkylation sites (N-methyl/N-ethyl adjacent to an activating group) is 1. The Morgan fingerprint density at radius 1 is 0.938 bits per heavy atom. The van der Waals surface area contributed by atoms with Crippen molar-refractivity contribution in [2.45, 2.75) is 130 Å². The monoisotopic (exact) mass is 667 g/mol. The normalized spacial score (nSPS) is 21.2. The summed E-state index contributed by atoms with van der Waals surface area (Å²) in [6, 6.07) is 7.39. The molecule has 0 radical (unpaired) electrons. The number of hydrogen-bond donors (Lipinski definition) is 3. The Kier molecular flexibility index (Phi) is 14.2. The molecule has 0 spiro atoms. The number of benzene rings is 1. The molecule has 2 saturated heterocycles. The first kappa shape index (κ1) is 39.2. The Bertz CT molecular complexity index is 1270. The molecule has 10 heteroatoms. The van der Waals surface area contributed by atoms with Crippen LogP contribution in [-0.2, 0) is 25.6 Å². The molecule has 10 nitrogen and oxygen atoms in total. The lowest BCUT2D eigenvalue weighted by atomic mass is 9.84. The molecular weight excluding hydrogens is 606 g/mol. The van der Waals surface area contributed by atoms with Crippen molar-refractivity contribution in [3.8, 4) is 0 Å². The maximum atomic E-state index is 14.2. The Morgan fingerprint density at radius 2 is 1.56 bits per heavy atom. The molecule has 2 aliphatic heterocycles. The second-order valence-electron chi connectivity index (χ2n) is 15.4. The third kappa shape index (κ3) is 10.1. The van der Waals surface area contributed by atoms with Gasteiger partial charge in [0.1, 0.15) is 12.1 Å². The number of rotatable bonds is 13. The van der Waals surface area contributed by atoms with Gasteiger partial charge in [0.15, 0.2) is 0 Å². The first-order chi connectivity index (χ1) is 22.6. The molecule has 0 aliphatic carbocycles. The Morgan fingerprint density at radius 3 is 2.15 bits per heavy atom. The van der Waals surface area contributed by atoms with Gasteiger partial charge in [0.25, 0.3) is 0 Å². The predicted octanol–water partition coefficient (Wildman–Crippen LogP) is 3.92. The number of amides is 4. The van der Waals surface area contributed by atoms with Gasteiger partial charge in [-0.1, -0.05) is 77.4 Å². The van der Waals surface area contributed by atoms with Gasteiger partial charge in [-0.2, -0.15) is 0 Å². The number of likely N-dealkylation sites (tertiary alicyclic amines) is 2. The number of piperidine rings is 1. The van der Waals surface area contributed by atoms with E-state index in [1.165, 1.54) is 0 Å². The minimum Gasteiger partial charge on any atom is -0.394 e. The Hall–Kier alpha value is -3.24. The third-order valence-electron chi connectivity index (χ3n) is 9.85. The van der Waals surface area contributed by atoms with Gasteiger partial charge in [0, 0.05) is 25.2 Å². The first-order valence-electron chi connectivity index (χ1n) is 17.8. The van der Waals surface area contributed by atoms with Crippen LogP contribution < -0.4 is 10.6 Å². The molecule has 268 valence electrons. The third-order valence-corrected chi connectivity index (χ3v) is 9.85. The predicted molar refractivity (Wildman–Crippen MR) is 190 cm³/mol. The van der Waals surface area contributed by atoms with Gasteiger partial charge < -0.3 is 25.5 Å². The van der Waals surface area contributed by atoms with E-state index in [0.717, 1.165) is 31.4 Å². The number of carbonyl (C=O) groups excluding carboxylic acids is 4. The summed E-state index contributed by atoms with van der Waals surface area (Å²) in [5.74, 6) is -0.846. The van der Waals surface area contributed by atoms with Crippen LogP contribution in [0.15, 0.2) is 42.0 Å². The molecule has 3 rings (SSSR count). The molecule has 48 heavy (non-hydrogen) atoms. The van der Waals surface area contributed by atoms with Crippen LogP contribution in [0.25, 0.3) is 0 Å². The van der Waals surface area contributed by atoms with E-state index in [2.05, 4.69) is 29.4 Å². The van der Waals surface area contributed by atoms with Gasteiger partial charge >= 0.3 is 0 Å². The second kappa shape index (κ2) is 17.4. The van der Waals surface area contributed by atoms with Crippen LogP contribution in [0.5, 0.6) is 0 Å². The van der Waals surface area contributed by atoms with Crippen molar-refractivity contribution >= 4 is 23.6 Å². The topological polar surface area (TPSA) is 122 Å². The average molecular weight is 668 g/mol. The molecule has 2 unspecified atom stereocenters. The fourth-order valence-corrected chi connectivity index (χ4v) is 7.04. The standard InChI is InChI=1S/C38H61N5O5/c1-25(2)32(41(9)37(48)33(38(6,7)8)40-35(46)30-18-13-14-20-42(30)26(3)4)22-27(5)36(47)43-21-15-19-31(43)34(45)39-29(24-44)23-28-16-11-10-12-17-28/h10-12,16-17,22,25-26,29-33,44H,13-15,18-21,23-24H2,1-9H3,(H,39,45)(H,40,46)/t29?,30?,31-,32+,33+/m0/s1. The van der Waals surface area contributed by atoms with E-state index < -0.39 is 29.6 Å². The lowest BCUT2D eigenvalue weighted by Crippen LogP contribution is -2.60. The maximum absolute atomic E-state index is 14.2. The number of nitrogens with zero attached hydrogens (tertiary/aromatic N) is 3. The van der Waals surface area contributed by atoms with Crippen LogP contribution >= 0.6 is 0 Å². The molecular formula is C38H61N5O5. The van der Waals surface area contributed by atoms with Gasteiger partial charge in [0.05, 0.1) is 24.7 Å². The number of aliphatic hydroxyl groups is 1. The summed E-state index contributed by atoms with van der Waals surface area (Å²) in [6.45, 7) is 16.9. The second-order valence-corrected chi connectivity index (χ2v) is 15.4. The molecule has 0 bridgehead atoms. The van der Waals surface area contributed by atoms with E-state index in [9.17, 15) is 24.3 Å². The highest BCUT2D eigenvalue weighted by molar-refractivity contribution is 5.97. The zero-order valence-electron chi connectivity index (χ0n) is 30.8. The van der Waals surface area contributed by atoms with Crippen molar-refractivity contribution in [2.24, 2.45) is 11.3 Å².